The maximum absolute atomic E-state index is 13.5. The summed E-state index contributed by atoms with van der Waals surface area (Å²) in [5.41, 5.74) is 10.1. The Hall–Kier alpha value is -2.85. The maximum Gasteiger partial charge on any atom is 0.126 e. The third-order valence-electron chi connectivity index (χ3n) is 3.73. The highest BCUT2D eigenvalue weighted by atomic mass is 19.1. The molecule has 24 heavy (non-hydrogen) atoms. The number of hydrogen-bond acceptors (Lipinski definition) is 3. The minimum Gasteiger partial charge on any atom is -0.496 e. The first-order chi connectivity index (χ1) is 11.8. The van der Waals surface area contributed by atoms with E-state index < -0.39 is 0 Å². The summed E-state index contributed by atoms with van der Waals surface area (Å²) in [5.74, 6) is 0.386. The summed E-state index contributed by atoms with van der Waals surface area (Å²) in [7, 11) is 1.59. The van der Waals surface area contributed by atoms with Gasteiger partial charge in [-0.2, -0.15) is 0 Å². The fourth-order valence-corrected chi connectivity index (χ4v) is 2.48. The van der Waals surface area contributed by atoms with E-state index >= 15 is 0 Å². The number of benzene rings is 3. The van der Waals surface area contributed by atoms with Crippen LogP contribution in [0.5, 0.6) is 5.75 Å². The van der Waals surface area contributed by atoms with E-state index in [9.17, 15) is 4.39 Å². The van der Waals surface area contributed by atoms with Crippen molar-refractivity contribution in [1.82, 2.24) is 5.43 Å². The maximum atomic E-state index is 13.5. The molecule has 0 aliphatic heterocycles. The van der Waals surface area contributed by atoms with Crippen LogP contribution in [0.4, 0.5) is 10.1 Å². The van der Waals surface area contributed by atoms with Gasteiger partial charge >= 0.3 is 0 Å². The van der Waals surface area contributed by atoms with Crippen LogP contribution in [0.1, 0.15) is 5.56 Å². The molecule has 0 unspecified atom stereocenters. The van der Waals surface area contributed by atoms with Crippen LogP contribution in [0.15, 0.2) is 72.8 Å². The van der Waals surface area contributed by atoms with E-state index in [1.54, 1.807) is 13.2 Å². The molecule has 3 aromatic rings. The third kappa shape index (κ3) is 3.91. The van der Waals surface area contributed by atoms with Crippen molar-refractivity contribution in [3.8, 4) is 16.9 Å². The molecule has 0 radical (unpaired) electrons. The van der Waals surface area contributed by atoms with E-state index in [1.807, 2.05) is 54.6 Å². The molecule has 3 rings (SSSR count). The lowest BCUT2D eigenvalue weighted by Crippen LogP contribution is -2.20. The van der Waals surface area contributed by atoms with Gasteiger partial charge in [-0.3, -0.25) is 0 Å². The highest BCUT2D eigenvalue weighted by Gasteiger charge is 2.07. The number of ether oxygens (including phenoxy) is 1. The van der Waals surface area contributed by atoms with Gasteiger partial charge in [-0.1, -0.05) is 42.5 Å². The Morgan fingerprint density at radius 3 is 2.38 bits per heavy atom. The molecule has 122 valence electrons. The molecule has 0 aromatic heterocycles. The summed E-state index contributed by atoms with van der Waals surface area (Å²) < 4.78 is 18.8. The first kappa shape index (κ1) is 16.0. The van der Waals surface area contributed by atoms with Gasteiger partial charge in [0, 0.05) is 17.8 Å². The van der Waals surface area contributed by atoms with Gasteiger partial charge in [-0.05, 0) is 41.5 Å². The zero-order chi connectivity index (χ0) is 16.8. The Morgan fingerprint density at radius 2 is 1.67 bits per heavy atom. The van der Waals surface area contributed by atoms with Gasteiger partial charge in [0.1, 0.15) is 11.6 Å². The third-order valence-corrected chi connectivity index (χ3v) is 3.73. The molecule has 0 aliphatic rings. The van der Waals surface area contributed by atoms with Crippen molar-refractivity contribution in [2.45, 2.75) is 6.54 Å². The summed E-state index contributed by atoms with van der Waals surface area (Å²) in [6, 6.07) is 22.4. The van der Waals surface area contributed by atoms with Crippen molar-refractivity contribution in [2.75, 3.05) is 12.5 Å². The molecule has 0 bridgehead atoms. The minimum absolute atomic E-state index is 0.274. The SMILES string of the molecule is COc1ccc(F)cc1-c1ccc(CNNc2ccccc2)cc1. The number of hydrazine groups is 1. The van der Waals surface area contributed by atoms with E-state index in [0.717, 1.165) is 22.4 Å². The van der Waals surface area contributed by atoms with Gasteiger partial charge in [0.2, 0.25) is 0 Å². The lowest BCUT2D eigenvalue weighted by atomic mass is 10.0. The van der Waals surface area contributed by atoms with E-state index in [2.05, 4.69) is 10.9 Å². The number of hydrogen-bond donors (Lipinski definition) is 2. The molecule has 2 N–H and O–H groups in total. The average molecular weight is 322 g/mol. The number of methoxy groups -OCH3 is 1. The Labute approximate surface area is 141 Å². The van der Waals surface area contributed by atoms with Crippen molar-refractivity contribution in [3.05, 3.63) is 84.2 Å². The molecule has 4 heteroatoms. The Balaban J connectivity index is 1.66. The monoisotopic (exact) mass is 322 g/mol. The Morgan fingerprint density at radius 1 is 0.917 bits per heavy atom. The normalized spacial score (nSPS) is 10.4. The van der Waals surface area contributed by atoms with Crippen LogP contribution in [0, 0.1) is 5.82 Å². The lowest BCUT2D eigenvalue weighted by molar-refractivity contribution is 0.415. The molecule has 3 nitrogen and oxygen atoms in total. The minimum atomic E-state index is -0.274. The van der Waals surface area contributed by atoms with Crippen LogP contribution in [0.3, 0.4) is 0 Å². The van der Waals surface area contributed by atoms with Gasteiger partial charge in [0.15, 0.2) is 0 Å². The first-order valence-corrected chi connectivity index (χ1v) is 7.73. The van der Waals surface area contributed by atoms with Crippen molar-refractivity contribution in [3.63, 3.8) is 0 Å². The fraction of sp³-hybridized carbons (Fsp3) is 0.100. The van der Waals surface area contributed by atoms with Crippen LogP contribution >= 0.6 is 0 Å². The van der Waals surface area contributed by atoms with Crippen molar-refractivity contribution >= 4 is 5.69 Å². The van der Waals surface area contributed by atoms with Gasteiger partial charge in [0.05, 0.1) is 7.11 Å². The molecule has 0 aliphatic carbocycles. The van der Waals surface area contributed by atoms with Gasteiger partial charge in [-0.15, -0.1) is 0 Å². The Bertz CT molecular complexity index is 788. The topological polar surface area (TPSA) is 33.3 Å². The summed E-state index contributed by atoms with van der Waals surface area (Å²) in [5, 5.41) is 0. The Kier molecular flexibility index (Phi) is 5.08. The largest absolute Gasteiger partial charge is 0.496 e. The van der Waals surface area contributed by atoms with Crippen LogP contribution in [0.25, 0.3) is 11.1 Å². The van der Waals surface area contributed by atoms with E-state index in [-0.39, 0.29) is 5.82 Å². The molecule has 0 saturated carbocycles. The van der Waals surface area contributed by atoms with Gasteiger partial charge in [-0.25, -0.2) is 9.82 Å². The number of rotatable bonds is 6. The summed E-state index contributed by atoms with van der Waals surface area (Å²) >= 11 is 0. The zero-order valence-electron chi connectivity index (χ0n) is 13.4. The molecule has 0 amide bonds. The predicted molar refractivity (Wildman–Crippen MR) is 95.3 cm³/mol. The van der Waals surface area contributed by atoms with Crippen molar-refractivity contribution < 1.29 is 9.13 Å². The standard InChI is InChI=1S/C20H19FN2O/c1-24-20-12-11-17(21)13-19(20)16-9-7-15(8-10-16)14-22-23-18-5-3-2-4-6-18/h2-13,22-23H,14H2,1H3. The van der Waals surface area contributed by atoms with Crippen LogP contribution in [-0.4, -0.2) is 7.11 Å². The predicted octanol–water partition coefficient (Wildman–Crippen LogP) is 4.62. The van der Waals surface area contributed by atoms with Crippen LogP contribution in [-0.2, 0) is 6.54 Å². The summed E-state index contributed by atoms with van der Waals surface area (Å²) in [6.07, 6.45) is 0. The second kappa shape index (κ2) is 7.62. The number of halogens is 1. The molecule has 0 fully saturated rings. The quantitative estimate of drug-likeness (QED) is 0.650. The number of para-hydroxylation sites is 1. The van der Waals surface area contributed by atoms with E-state index in [0.29, 0.717) is 12.3 Å². The molecule has 0 saturated heterocycles. The second-order valence-electron chi connectivity index (χ2n) is 5.39. The average Bonchev–Trinajstić information content (AvgIpc) is 2.63. The molecule has 0 atom stereocenters. The number of anilines is 1. The molecule has 3 aromatic carbocycles. The van der Waals surface area contributed by atoms with Gasteiger partial charge < -0.3 is 10.2 Å². The highest BCUT2D eigenvalue weighted by Crippen LogP contribution is 2.30. The van der Waals surface area contributed by atoms with E-state index in [1.165, 1.54) is 12.1 Å². The lowest BCUT2D eigenvalue weighted by Gasteiger charge is -2.11. The van der Waals surface area contributed by atoms with E-state index in [4.69, 9.17) is 4.74 Å². The highest BCUT2D eigenvalue weighted by molar-refractivity contribution is 5.70. The van der Waals surface area contributed by atoms with Crippen molar-refractivity contribution in [1.29, 1.82) is 0 Å². The first-order valence-electron chi connectivity index (χ1n) is 7.73. The summed E-state index contributed by atoms with van der Waals surface area (Å²) in [6.45, 7) is 0.676. The van der Waals surface area contributed by atoms with Crippen molar-refractivity contribution in [2.24, 2.45) is 0 Å². The molecular weight excluding hydrogens is 303 g/mol. The summed E-state index contributed by atoms with van der Waals surface area (Å²) in [4.78, 5) is 0. The van der Waals surface area contributed by atoms with Gasteiger partial charge in [0.25, 0.3) is 0 Å². The van der Waals surface area contributed by atoms with Crippen LogP contribution in [0.2, 0.25) is 0 Å². The van der Waals surface area contributed by atoms with Crippen LogP contribution < -0.4 is 15.6 Å². The smallest absolute Gasteiger partial charge is 0.126 e. The molecular formula is C20H19FN2O. The number of nitrogens with one attached hydrogen (secondary N) is 2. The second-order valence-corrected chi connectivity index (χ2v) is 5.39. The zero-order valence-corrected chi connectivity index (χ0v) is 13.4. The molecule has 0 heterocycles. The molecule has 0 spiro atoms. The fourth-order valence-electron chi connectivity index (χ4n) is 2.48.